The second kappa shape index (κ2) is 4.79. The first-order valence-corrected chi connectivity index (χ1v) is 7.16. The van der Waals surface area contributed by atoms with Crippen molar-refractivity contribution in [1.82, 2.24) is 0 Å². The van der Waals surface area contributed by atoms with Crippen LogP contribution in [0.3, 0.4) is 0 Å². The first-order chi connectivity index (χ1) is 7.61. The van der Waals surface area contributed by atoms with Gasteiger partial charge < -0.3 is 4.90 Å². The summed E-state index contributed by atoms with van der Waals surface area (Å²) < 4.78 is 0. The van der Waals surface area contributed by atoms with Crippen molar-refractivity contribution < 1.29 is 0 Å². The van der Waals surface area contributed by atoms with E-state index >= 15 is 0 Å². The second-order valence-corrected chi connectivity index (χ2v) is 5.65. The van der Waals surface area contributed by atoms with E-state index in [1.165, 1.54) is 29.8 Å². The Bertz CT molecular complexity index is 375. The third-order valence-electron chi connectivity index (χ3n) is 3.59. The van der Waals surface area contributed by atoms with Gasteiger partial charge in [-0.25, -0.2) is 0 Å². The van der Waals surface area contributed by atoms with Gasteiger partial charge in [0.25, 0.3) is 0 Å². The fourth-order valence-corrected chi connectivity index (χ4v) is 3.30. The molecule has 0 aliphatic carbocycles. The van der Waals surface area contributed by atoms with E-state index < -0.39 is 0 Å². The van der Waals surface area contributed by atoms with Crippen LogP contribution in [0, 0.1) is 12.8 Å². The number of aryl methyl sites for hydroxylation is 1. The Hall–Kier alpha value is -0.500. The van der Waals surface area contributed by atoms with Crippen molar-refractivity contribution in [3.05, 3.63) is 29.3 Å². The van der Waals surface area contributed by atoms with Crippen LogP contribution in [0.2, 0.25) is 0 Å². The van der Waals surface area contributed by atoms with Gasteiger partial charge in [-0.1, -0.05) is 28.9 Å². The van der Waals surface area contributed by atoms with Crippen LogP contribution >= 0.6 is 15.9 Å². The molecule has 0 N–H and O–H groups in total. The van der Waals surface area contributed by atoms with E-state index in [4.69, 9.17) is 0 Å². The molecule has 1 nitrogen and oxygen atoms in total. The summed E-state index contributed by atoms with van der Waals surface area (Å²) in [5.74, 6) is 0.825. The molecule has 1 fully saturated rings. The molecule has 1 saturated heterocycles. The lowest BCUT2D eigenvalue weighted by atomic mass is 10.1. The maximum absolute atomic E-state index is 3.52. The Labute approximate surface area is 107 Å². The molecular formula is C14H20BrN. The average molecular weight is 282 g/mol. The zero-order valence-electron chi connectivity index (χ0n) is 10.3. The summed E-state index contributed by atoms with van der Waals surface area (Å²) in [6, 6.07) is 7.52. The van der Waals surface area contributed by atoms with Gasteiger partial charge >= 0.3 is 0 Å². The Morgan fingerprint density at radius 1 is 1.38 bits per heavy atom. The van der Waals surface area contributed by atoms with E-state index in [9.17, 15) is 0 Å². The number of hydrogen-bond donors (Lipinski definition) is 0. The average Bonchev–Trinajstić information content (AvgIpc) is 2.58. The second-order valence-electron chi connectivity index (χ2n) is 5.09. The summed E-state index contributed by atoms with van der Waals surface area (Å²) in [5, 5.41) is 0.949. The van der Waals surface area contributed by atoms with Gasteiger partial charge in [0.05, 0.1) is 0 Å². The fraction of sp³-hybridized carbons (Fsp3) is 0.571. The van der Waals surface area contributed by atoms with Gasteiger partial charge in [-0.2, -0.15) is 0 Å². The monoisotopic (exact) mass is 281 g/mol. The quantitative estimate of drug-likeness (QED) is 0.737. The Morgan fingerprint density at radius 2 is 2.12 bits per heavy atom. The maximum atomic E-state index is 3.52. The zero-order chi connectivity index (χ0) is 11.7. The van der Waals surface area contributed by atoms with E-state index in [-0.39, 0.29) is 0 Å². The summed E-state index contributed by atoms with van der Waals surface area (Å²) >= 11 is 3.52. The van der Waals surface area contributed by atoms with E-state index in [2.05, 4.69) is 59.8 Å². The van der Waals surface area contributed by atoms with Crippen LogP contribution in [0.15, 0.2) is 18.2 Å². The Morgan fingerprint density at radius 3 is 2.62 bits per heavy atom. The van der Waals surface area contributed by atoms with Gasteiger partial charge in [-0.15, -0.1) is 0 Å². The zero-order valence-corrected chi connectivity index (χ0v) is 11.9. The molecule has 1 aromatic rings. The molecule has 1 aliphatic rings. The van der Waals surface area contributed by atoms with E-state index in [1.807, 2.05) is 0 Å². The van der Waals surface area contributed by atoms with Crippen molar-refractivity contribution in [3.63, 3.8) is 0 Å². The van der Waals surface area contributed by atoms with Gasteiger partial charge in [-0.3, -0.25) is 0 Å². The standard InChI is InChI=1S/C14H20BrN/c1-10-6-12(3)16(9-10)14-5-4-13(8-15)11(2)7-14/h4-5,7,10,12H,6,8-9H2,1-3H3. The minimum Gasteiger partial charge on any atom is -0.369 e. The number of hydrogen-bond acceptors (Lipinski definition) is 1. The van der Waals surface area contributed by atoms with Gasteiger partial charge in [0, 0.05) is 23.6 Å². The first-order valence-electron chi connectivity index (χ1n) is 6.04. The van der Waals surface area contributed by atoms with Crippen LogP contribution in [0.25, 0.3) is 0 Å². The topological polar surface area (TPSA) is 3.24 Å². The molecule has 0 aromatic heterocycles. The lowest BCUT2D eigenvalue weighted by Gasteiger charge is -2.24. The number of alkyl halides is 1. The lowest BCUT2D eigenvalue weighted by molar-refractivity contribution is 0.625. The molecule has 1 aliphatic heterocycles. The lowest BCUT2D eigenvalue weighted by Crippen LogP contribution is -2.26. The van der Waals surface area contributed by atoms with Crippen molar-refractivity contribution in [2.75, 3.05) is 11.4 Å². The van der Waals surface area contributed by atoms with Crippen LogP contribution in [0.1, 0.15) is 31.4 Å². The molecule has 0 spiro atoms. The molecule has 0 saturated carbocycles. The molecule has 88 valence electrons. The summed E-state index contributed by atoms with van der Waals surface area (Å²) in [5.41, 5.74) is 4.17. The molecule has 1 aromatic carbocycles. The molecule has 2 rings (SSSR count). The van der Waals surface area contributed by atoms with Crippen molar-refractivity contribution in [3.8, 4) is 0 Å². The van der Waals surface area contributed by atoms with E-state index in [0.717, 1.165) is 11.2 Å². The third-order valence-corrected chi connectivity index (χ3v) is 4.19. The third kappa shape index (κ3) is 2.27. The number of nitrogens with zero attached hydrogens (tertiary/aromatic N) is 1. The van der Waals surface area contributed by atoms with Gasteiger partial charge in [0.15, 0.2) is 0 Å². The summed E-state index contributed by atoms with van der Waals surface area (Å²) in [4.78, 5) is 2.54. The molecular weight excluding hydrogens is 262 g/mol. The van der Waals surface area contributed by atoms with Gasteiger partial charge in [-0.05, 0) is 49.4 Å². The molecule has 2 atom stereocenters. The molecule has 2 unspecified atom stereocenters. The summed E-state index contributed by atoms with van der Waals surface area (Å²) in [6.07, 6.45) is 1.32. The van der Waals surface area contributed by atoms with E-state index in [0.29, 0.717) is 6.04 Å². The molecule has 0 radical (unpaired) electrons. The van der Waals surface area contributed by atoms with Crippen molar-refractivity contribution in [1.29, 1.82) is 0 Å². The predicted octanol–water partition coefficient (Wildman–Crippen LogP) is 4.12. The molecule has 0 amide bonds. The first kappa shape index (κ1) is 12.0. The number of benzene rings is 1. The van der Waals surface area contributed by atoms with Crippen LogP contribution in [0.5, 0.6) is 0 Å². The van der Waals surface area contributed by atoms with E-state index in [1.54, 1.807) is 0 Å². The summed E-state index contributed by atoms with van der Waals surface area (Å²) in [6.45, 7) is 8.08. The van der Waals surface area contributed by atoms with Crippen molar-refractivity contribution in [2.45, 2.75) is 38.6 Å². The maximum Gasteiger partial charge on any atom is 0.0371 e. The highest BCUT2D eigenvalue weighted by atomic mass is 79.9. The SMILES string of the molecule is Cc1cc(N2CC(C)CC2C)ccc1CBr. The van der Waals surface area contributed by atoms with Crippen LogP contribution in [-0.4, -0.2) is 12.6 Å². The minimum absolute atomic E-state index is 0.684. The van der Waals surface area contributed by atoms with Gasteiger partial charge in [0.2, 0.25) is 0 Å². The Balaban J connectivity index is 2.24. The van der Waals surface area contributed by atoms with Crippen LogP contribution in [-0.2, 0) is 5.33 Å². The minimum atomic E-state index is 0.684. The molecule has 0 bridgehead atoms. The molecule has 1 heterocycles. The smallest absolute Gasteiger partial charge is 0.0371 e. The largest absolute Gasteiger partial charge is 0.369 e. The van der Waals surface area contributed by atoms with Crippen LogP contribution < -0.4 is 4.90 Å². The van der Waals surface area contributed by atoms with Crippen molar-refractivity contribution >= 4 is 21.6 Å². The molecule has 2 heteroatoms. The number of halogens is 1. The number of rotatable bonds is 2. The van der Waals surface area contributed by atoms with Crippen molar-refractivity contribution in [2.24, 2.45) is 5.92 Å². The highest BCUT2D eigenvalue weighted by Crippen LogP contribution is 2.30. The summed E-state index contributed by atoms with van der Waals surface area (Å²) in [7, 11) is 0. The van der Waals surface area contributed by atoms with Gasteiger partial charge in [0.1, 0.15) is 0 Å². The normalized spacial score (nSPS) is 25.1. The number of anilines is 1. The highest BCUT2D eigenvalue weighted by molar-refractivity contribution is 9.08. The fourth-order valence-electron chi connectivity index (χ4n) is 2.67. The highest BCUT2D eigenvalue weighted by Gasteiger charge is 2.26. The molecule has 16 heavy (non-hydrogen) atoms. The predicted molar refractivity (Wildman–Crippen MR) is 74.4 cm³/mol. The van der Waals surface area contributed by atoms with Crippen LogP contribution in [0.4, 0.5) is 5.69 Å². The Kier molecular flexibility index (Phi) is 3.58.